The third-order valence-corrected chi connectivity index (χ3v) is 4.04. The Kier molecular flexibility index (Phi) is 2.97. The lowest BCUT2D eigenvalue weighted by Crippen LogP contribution is -2.36. The Morgan fingerprint density at radius 3 is 2.78 bits per heavy atom. The van der Waals surface area contributed by atoms with E-state index in [0.29, 0.717) is 18.4 Å². The molecule has 4 unspecified atom stereocenters. The largest absolute Gasteiger partial charge is 0.481 e. The second-order valence-corrected chi connectivity index (χ2v) is 5.06. The van der Waals surface area contributed by atoms with Gasteiger partial charge in [0.25, 0.3) is 0 Å². The highest BCUT2D eigenvalue weighted by atomic mass is 16.4. The Balaban J connectivity index is 1.80. The fourth-order valence-corrected chi connectivity index (χ4v) is 3.08. The predicted octanol–water partition coefficient (Wildman–Crippen LogP) is 0.495. The number of carboxylic acid groups (broad SMARTS) is 1. The number of hydrogen-bond donors (Lipinski definition) is 3. The van der Waals surface area contributed by atoms with Crippen LogP contribution in [0.3, 0.4) is 0 Å². The van der Waals surface area contributed by atoms with Crippen LogP contribution in [0.15, 0.2) is 18.7 Å². The Bertz CT molecular complexity index is 439. The van der Waals surface area contributed by atoms with Crippen molar-refractivity contribution in [3.63, 3.8) is 0 Å². The monoisotopic (exact) mass is 248 g/mol. The zero-order chi connectivity index (χ0) is 12.5. The molecule has 0 bridgehead atoms. The minimum absolute atomic E-state index is 0.110. The second-order valence-electron chi connectivity index (χ2n) is 5.06. The first-order chi connectivity index (χ1) is 8.75. The Morgan fingerprint density at radius 2 is 2.06 bits per heavy atom. The number of aliphatic carboxylic acids is 1. The zero-order valence-corrected chi connectivity index (χ0v) is 9.91. The fraction of sp³-hybridized carbons (Fsp3) is 0.583. The normalized spacial score (nSPS) is 35.1. The molecular weight excluding hydrogens is 232 g/mol. The van der Waals surface area contributed by atoms with Gasteiger partial charge in [0.05, 0.1) is 12.0 Å². The lowest BCUT2D eigenvalue weighted by atomic mass is 9.75. The maximum atomic E-state index is 11.1. The summed E-state index contributed by atoms with van der Waals surface area (Å²) in [6, 6.07) is 0.462. The van der Waals surface area contributed by atoms with Crippen LogP contribution >= 0.6 is 0 Å². The van der Waals surface area contributed by atoms with Crippen molar-refractivity contribution in [1.29, 1.82) is 0 Å². The van der Waals surface area contributed by atoms with E-state index in [1.807, 2.05) is 0 Å². The van der Waals surface area contributed by atoms with Crippen LogP contribution < -0.4 is 10.9 Å². The summed E-state index contributed by atoms with van der Waals surface area (Å²) < 4.78 is 0. The number of nitrogens with zero attached hydrogens (tertiary/aromatic N) is 2. The van der Waals surface area contributed by atoms with E-state index in [-0.39, 0.29) is 12.0 Å². The van der Waals surface area contributed by atoms with Gasteiger partial charge < -0.3 is 5.11 Å². The number of carboxylic acids is 1. The van der Waals surface area contributed by atoms with Crippen LogP contribution in [0.2, 0.25) is 0 Å². The first-order valence-electron chi connectivity index (χ1n) is 6.24. The van der Waals surface area contributed by atoms with Gasteiger partial charge in [0.2, 0.25) is 0 Å². The molecule has 3 rings (SSSR count). The molecule has 2 fully saturated rings. The van der Waals surface area contributed by atoms with Crippen LogP contribution in [0.5, 0.6) is 0 Å². The average molecular weight is 248 g/mol. The summed E-state index contributed by atoms with van der Waals surface area (Å²) in [6.07, 6.45) is 7.45. The molecule has 6 heteroatoms. The van der Waals surface area contributed by atoms with Gasteiger partial charge in [-0.1, -0.05) is 0 Å². The Hall–Kier alpha value is -1.53. The Labute approximate surface area is 105 Å². The number of carbonyl (C=O) groups is 1. The minimum Gasteiger partial charge on any atom is -0.481 e. The third kappa shape index (κ3) is 1.97. The van der Waals surface area contributed by atoms with Crippen LogP contribution in [0.25, 0.3) is 0 Å². The highest BCUT2D eigenvalue weighted by molar-refractivity contribution is 5.70. The van der Waals surface area contributed by atoms with E-state index in [0.717, 1.165) is 18.4 Å². The van der Waals surface area contributed by atoms with E-state index in [1.54, 1.807) is 12.4 Å². The van der Waals surface area contributed by atoms with Gasteiger partial charge in [0, 0.05) is 24.0 Å². The molecule has 2 heterocycles. The van der Waals surface area contributed by atoms with Crippen LogP contribution in [0, 0.1) is 11.8 Å². The molecule has 6 nitrogen and oxygen atoms in total. The van der Waals surface area contributed by atoms with Gasteiger partial charge in [-0.3, -0.25) is 10.2 Å². The zero-order valence-electron chi connectivity index (χ0n) is 9.91. The minimum atomic E-state index is -0.677. The molecule has 0 aromatic carbocycles. The molecule has 96 valence electrons. The summed E-state index contributed by atoms with van der Waals surface area (Å²) in [5.74, 6) is -0.602. The highest BCUT2D eigenvalue weighted by Gasteiger charge is 2.42. The number of aromatic nitrogens is 2. The summed E-state index contributed by atoms with van der Waals surface area (Å²) in [6.45, 7) is 0. The number of hydrazine groups is 1. The number of fused-ring (bicyclic) bond motifs is 1. The summed E-state index contributed by atoms with van der Waals surface area (Å²) in [4.78, 5) is 19.2. The van der Waals surface area contributed by atoms with Crippen molar-refractivity contribution in [3.05, 3.63) is 24.3 Å². The standard InChI is InChI=1S/C12H16N4O2/c17-12(18)7-1-2-10-9(3-7)11(16-15-10)8-4-13-6-14-5-8/h4-7,9-11,15-16H,1-3H2,(H,17,18). The molecule has 4 atom stereocenters. The molecule has 0 radical (unpaired) electrons. The molecule has 1 saturated carbocycles. The molecule has 18 heavy (non-hydrogen) atoms. The topological polar surface area (TPSA) is 87.1 Å². The van der Waals surface area contributed by atoms with Gasteiger partial charge in [0.1, 0.15) is 6.33 Å². The number of rotatable bonds is 2. The van der Waals surface area contributed by atoms with Gasteiger partial charge in [-0.25, -0.2) is 15.4 Å². The van der Waals surface area contributed by atoms with E-state index in [9.17, 15) is 4.79 Å². The molecule has 0 spiro atoms. The molecular formula is C12H16N4O2. The van der Waals surface area contributed by atoms with Crippen LogP contribution in [0.4, 0.5) is 0 Å². The Morgan fingerprint density at radius 1 is 1.28 bits per heavy atom. The summed E-state index contributed by atoms with van der Waals surface area (Å²) in [5.41, 5.74) is 7.54. The maximum absolute atomic E-state index is 11.1. The maximum Gasteiger partial charge on any atom is 0.306 e. The number of nitrogens with one attached hydrogen (secondary N) is 2. The molecule has 1 aromatic rings. The summed E-state index contributed by atoms with van der Waals surface area (Å²) in [5, 5.41) is 9.15. The quantitative estimate of drug-likeness (QED) is 0.706. The van der Waals surface area contributed by atoms with E-state index >= 15 is 0 Å². The van der Waals surface area contributed by atoms with Crippen molar-refractivity contribution in [2.75, 3.05) is 0 Å². The van der Waals surface area contributed by atoms with Crippen molar-refractivity contribution in [2.45, 2.75) is 31.3 Å². The first kappa shape index (κ1) is 11.6. The van der Waals surface area contributed by atoms with Crippen LogP contribution in [-0.2, 0) is 4.79 Å². The van der Waals surface area contributed by atoms with Crippen molar-refractivity contribution in [2.24, 2.45) is 11.8 Å². The van der Waals surface area contributed by atoms with Crippen molar-refractivity contribution in [3.8, 4) is 0 Å². The second kappa shape index (κ2) is 4.62. The van der Waals surface area contributed by atoms with Gasteiger partial charge in [-0.15, -0.1) is 0 Å². The smallest absolute Gasteiger partial charge is 0.306 e. The predicted molar refractivity (Wildman–Crippen MR) is 63.3 cm³/mol. The summed E-state index contributed by atoms with van der Waals surface area (Å²) in [7, 11) is 0. The first-order valence-corrected chi connectivity index (χ1v) is 6.24. The molecule has 0 amide bonds. The average Bonchev–Trinajstić information content (AvgIpc) is 2.82. The number of hydrogen-bond acceptors (Lipinski definition) is 5. The summed E-state index contributed by atoms with van der Waals surface area (Å²) >= 11 is 0. The van der Waals surface area contributed by atoms with E-state index < -0.39 is 5.97 Å². The highest BCUT2D eigenvalue weighted by Crippen LogP contribution is 2.39. The van der Waals surface area contributed by atoms with Crippen LogP contribution in [-0.4, -0.2) is 27.1 Å². The van der Waals surface area contributed by atoms with Gasteiger partial charge >= 0.3 is 5.97 Å². The molecule has 1 saturated heterocycles. The molecule has 1 aliphatic carbocycles. The lowest BCUT2D eigenvalue weighted by molar-refractivity contribution is -0.143. The van der Waals surface area contributed by atoms with Crippen molar-refractivity contribution < 1.29 is 9.90 Å². The van der Waals surface area contributed by atoms with Crippen LogP contribution in [0.1, 0.15) is 30.9 Å². The molecule has 1 aromatic heterocycles. The van der Waals surface area contributed by atoms with E-state index in [1.165, 1.54) is 6.33 Å². The van der Waals surface area contributed by atoms with Gasteiger partial charge in [0.15, 0.2) is 0 Å². The van der Waals surface area contributed by atoms with E-state index in [4.69, 9.17) is 5.11 Å². The van der Waals surface area contributed by atoms with E-state index in [2.05, 4.69) is 20.8 Å². The van der Waals surface area contributed by atoms with Crippen molar-refractivity contribution in [1.82, 2.24) is 20.8 Å². The SMILES string of the molecule is O=C(O)C1CCC2NNC(c3cncnc3)C2C1. The fourth-order valence-electron chi connectivity index (χ4n) is 3.08. The van der Waals surface area contributed by atoms with Gasteiger partial charge in [-0.05, 0) is 25.2 Å². The molecule has 3 N–H and O–H groups in total. The third-order valence-electron chi connectivity index (χ3n) is 4.04. The van der Waals surface area contributed by atoms with Crippen molar-refractivity contribution >= 4 is 5.97 Å². The molecule has 2 aliphatic rings. The lowest BCUT2D eigenvalue weighted by Gasteiger charge is -2.31. The molecule has 1 aliphatic heterocycles. The van der Waals surface area contributed by atoms with Gasteiger partial charge in [-0.2, -0.15) is 0 Å².